The summed E-state index contributed by atoms with van der Waals surface area (Å²) in [5.74, 6) is 0.623. The van der Waals surface area contributed by atoms with E-state index in [4.69, 9.17) is 4.74 Å². The second-order valence-electron chi connectivity index (χ2n) is 5.71. The van der Waals surface area contributed by atoms with E-state index in [0.29, 0.717) is 18.7 Å². The third-order valence-electron chi connectivity index (χ3n) is 3.82. The molecule has 0 aliphatic heterocycles. The van der Waals surface area contributed by atoms with Crippen LogP contribution in [0.25, 0.3) is 0 Å². The Hall–Kier alpha value is -2.22. The van der Waals surface area contributed by atoms with Gasteiger partial charge in [0, 0.05) is 30.5 Å². The Morgan fingerprint density at radius 3 is 2.50 bits per heavy atom. The smallest absolute Gasteiger partial charge is 0.240 e. The number of ether oxygens (including phenoxy) is 1. The van der Waals surface area contributed by atoms with E-state index in [2.05, 4.69) is 21.8 Å². The summed E-state index contributed by atoms with van der Waals surface area (Å²) in [4.78, 5) is 5.79. The average Bonchev–Trinajstić information content (AvgIpc) is 3.09. The van der Waals surface area contributed by atoms with Gasteiger partial charge in [-0.25, -0.2) is 18.1 Å². The van der Waals surface area contributed by atoms with E-state index in [9.17, 15) is 8.42 Å². The summed E-state index contributed by atoms with van der Waals surface area (Å²) < 4.78 is 32.3. The number of thiazole rings is 1. The third-order valence-corrected chi connectivity index (χ3v) is 6.36. The van der Waals surface area contributed by atoms with Crippen LogP contribution >= 0.6 is 11.3 Å². The quantitative estimate of drug-likeness (QED) is 0.643. The number of nitrogens with zero attached hydrogens (tertiary/aromatic N) is 1. The van der Waals surface area contributed by atoms with Gasteiger partial charge in [-0.2, -0.15) is 0 Å². The molecule has 0 radical (unpaired) electrons. The van der Waals surface area contributed by atoms with Gasteiger partial charge >= 0.3 is 0 Å². The molecular formula is C19H20N2O3S2. The van der Waals surface area contributed by atoms with Crippen LogP contribution in [-0.4, -0.2) is 27.1 Å². The normalized spacial score (nSPS) is 11.4. The molecule has 0 spiro atoms. The third kappa shape index (κ3) is 4.91. The predicted molar refractivity (Wildman–Crippen MR) is 103 cm³/mol. The fourth-order valence-electron chi connectivity index (χ4n) is 2.47. The highest BCUT2D eigenvalue weighted by Crippen LogP contribution is 2.18. The highest BCUT2D eigenvalue weighted by Gasteiger charge is 2.14. The van der Waals surface area contributed by atoms with Crippen molar-refractivity contribution in [1.29, 1.82) is 0 Å². The highest BCUT2D eigenvalue weighted by atomic mass is 32.2. The van der Waals surface area contributed by atoms with Gasteiger partial charge in [-0.1, -0.05) is 30.3 Å². The fourth-order valence-corrected chi connectivity index (χ4v) is 4.46. The topological polar surface area (TPSA) is 68.3 Å². The summed E-state index contributed by atoms with van der Waals surface area (Å²) >= 11 is 1.62. The van der Waals surface area contributed by atoms with Crippen molar-refractivity contribution in [2.45, 2.75) is 17.7 Å². The Morgan fingerprint density at radius 1 is 1.08 bits per heavy atom. The zero-order valence-electron chi connectivity index (χ0n) is 14.4. The van der Waals surface area contributed by atoms with Gasteiger partial charge in [0.2, 0.25) is 10.0 Å². The maximum atomic E-state index is 12.3. The minimum Gasteiger partial charge on any atom is -0.497 e. The first-order valence-corrected chi connectivity index (χ1v) is 10.5. The molecule has 26 heavy (non-hydrogen) atoms. The molecule has 0 bridgehead atoms. The van der Waals surface area contributed by atoms with E-state index in [1.165, 1.54) is 22.6 Å². The van der Waals surface area contributed by atoms with E-state index >= 15 is 0 Å². The molecule has 1 N–H and O–H groups in total. The number of rotatable bonds is 8. The summed E-state index contributed by atoms with van der Waals surface area (Å²) in [6.45, 7) is 0.312. The molecule has 3 rings (SSSR count). The van der Waals surface area contributed by atoms with Gasteiger partial charge in [-0.3, -0.25) is 0 Å². The summed E-state index contributed by atoms with van der Waals surface area (Å²) in [7, 11) is -1.98. The molecule has 0 unspecified atom stereocenters. The number of aromatic nitrogens is 1. The first-order chi connectivity index (χ1) is 12.6. The maximum Gasteiger partial charge on any atom is 0.240 e. The summed E-state index contributed by atoms with van der Waals surface area (Å²) in [6, 6.07) is 16.5. The van der Waals surface area contributed by atoms with Crippen molar-refractivity contribution in [3.8, 4) is 5.75 Å². The summed E-state index contributed by atoms with van der Waals surface area (Å²) in [6.07, 6.45) is 3.27. The second-order valence-corrected chi connectivity index (χ2v) is 8.67. The van der Waals surface area contributed by atoms with Crippen LogP contribution in [-0.2, 0) is 22.9 Å². The first kappa shape index (κ1) is 18.6. The lowest BCUT2D eigenvalue weighted by atomic mass is 10.1. The Morgan fingerprint density at radius 2 is 1.81 bits per heavy atom. The summed E-state index contributed by atoms with van der Waals surface area (Å²) in [5, 5.41) is 0.924. The first-order valence-electron chi connectivity index (χ1n) is 8.18. The largest absolute Gasteiger partial charge is 0.497 e. The molecule has 3 aromatic rings. The molecule has 0 amide bonds. The predicted octanol–water partition coefficient (Wildman–Crippen LogP) is 3.26. The van der Waals surface area contributed by atoms with Crippen LogP contribution in [0.15, 0.2) is 65.7 Å². The van der Waals surface area contributed by atoms with Crippen LogP contribution in [0.2, 0.25) is 0 Å². The Bertz CT molecular complexity index is 936. The lowest BCUT2D eigenvalue weighted by molar-refractivity contribution is 0.414. The number of benzene rings is 2. The van der Waals surface area contributed by atoms with Crippen molar-refractivity contribution in [3.05, 3.63) is 76.2 Å². The summed E-state index contributed by atoms with van der Waals surface area (Å²) in [5.41, 5.74) is 1.24. The molecule has 0 saturated heterocycles. The van der Waals surface area contributed by atoms with Crippen molar-refractivity contribution in [1.82, 2.24) is 9.71 Å². The Labute approximate surface area is 157 Å². The van der Waals surface area contributed by atoms with Crippen LogP contribution in [0.1, 0.15) is 15.4 Å². The molecule has 7 heteroatoms. The minimum atomic E-state index is -3.53. The molecule has 1 heterocycles. The Balaban J connectivity index is 1.54. The van der Waals surface area contributed by atoms with Crippen LogP contribution in [0.4, 0.5) is 0 Å². The SMILES string of the molecule is COc1ccc(S(=O)(=O)NCCc2ncc(Cc3ccccc3)s2)cc1. The molecule has 0 saturated carbocycles. The highest BCUT2D eigenvalue weighted by molar-refractivity contribution is 7.89. The fraction of sp³-hybridized carbons (Fsp3) is 0.211. The van der Waals surface area contributed by atoms with Crippen LogP contribution in [0, 0.1) is 0 Å². The van der Waals surface area contributed by atoms with E-state index < -0.39 is 10.0 Å². The van der Waals surface area contributed by atoms with E-state index in [0.717, 1.165) is 11.4 Å². The number of hydrogen-bond donors (Lipinski definition) is 1. The molecule has 2 aromatic carbocycles. The zero-order chi connectivity index (χ0) is 18.4. The molecule has 0 aliphatic carbocycles. The van der Waals surface area contributed by atoms with E-state index in [1.54, 1.807) is 30.6 Å². The number of nitrogens with one attached hydrogen (secondary N) is 1. The molecule has 0 atom stereocenters. The second kappa shape index (κ2) is 8.44. The van der Waals surface area contributed by atoms with Crippen molar-refractivity contribution in [2.75, 3.05) is 13.7 Å². The van der Waals surface area contributed by atoms with Gasteiger partial charge in [-0.15, -0.1) is 11.3 Å². The van der Waals surface area contributed by atoms with Crippen molar-refractivity contribution >= 4 is 21.4 Å². The molecule has 1 aromatic heterocycles. The average molecular weight is 389 g/mol. The Kier molecular flexibility index (Phi) is 6.03. The molecule has 5 nitrogen and oxygen atoms in total. The van der Waals surface area contributed by atoms with Crippen LogP contribution in [0.3, 0.4) is 0 Å². The maximum absolute atomic E-state index is 12.3. The van der Waals surface area contributed by atoms with Gasteiger partial charge in [0.1, 0.15) is 5.75 Å². The van der Waals surface area contributed by atoms with Gasteiger partial charge in [0.25, 0.3) is 0 Å². The lowest BCUT2D eigenvalue weighted by Crippen LogP contribution is -2.25. The van der Waals surface area contributed by atoms with Crippen LogP contribution < -0.4 is 9.46 Å². The van der Waals surface area contributed by atoms with Gasteiger partial charge in [0.05, 0.1) is 17.0 Å². The number of methoxy groups -OCH3 is 1. The van der Waals surface area contributed by atoms with Crippen molar-refractivity contribution < 1.29 is 13.2 Å². The zero-order valence-corrected chi connectivity index (χ0v) is 16.0. The van der Waals surface area contributed by atoms with Gasteiger partial charge in [0.15, 0.2) is 0 Å². The molecular weight excluding hydrogens is 368 g/mol. The molecule has 0 fully saturated rings. The standard InChI is InChI=1S/C19H20N2O3S2/c1-24-16-7-9-18(10-8-16)26(22,23)21-12-11-19-20-14-17(25-19)13-15-5-3-2-4-6-15/h2-10,14,21H,11-13H2,1H3. The van der Waals surface area contributed by atoms with Gasteiger partial charge < -0.3 is 4.74 Å². The van der Waals surface area contributed by atoms with Crippen LogP contribution in [0.5, 0.6) is 5.75 Å². The molecule has 0 aliphatic rings. The van der Waals surface area contributed by atoms with Gasteiger partial charge in [-0.05, 0) is 29.8 Å². The minimum absolute atomic E-state index is 0.224. The number of sulfonamides is 1. The van der Waals surface area contributed by atoms with Crippen molar-refractivity contribution in [3.63, 3.8) is 0 Å². The lowest BCUT2D eigenvalue weighted by Gasteiger charge is -2.06. The van der Waals surface area contributed by atoms with E-state index in [-0.39, 0.29) is 4.90 Å². The monoisotopic (exact) mass is 388 g/mol. The molecule has 136 valence electrons. The van der Waals surface area contributed by atoms with E-state index in [1.807, 2.05) is 24.4 Å². The number of hydrogen-bond acceptors (Lipinski definition) is 5. The van der Waals surface area contributed by atoms with Crippen molar-refractivity contribution in [2.24, 2.45) is 0 Å².